The Hall–Kier alpha value is -1.59. The van der Waals surface area contributed by atoms with Gasteiger partial charge in [-0.05, 0) is 36.1 Å². The van der Waals surface area contributed by atoms with Gasteiger partial charge in [0.1, 0.15) is 0 Å². The van der Waals surface area contributed by atoms with Crippen LogP contribution in [0.4, 0.5) is 5.69 Å². The van der Waals surface area contributed by atoms with Crippen molar-refractivity contribution in [2.75, 3.05) is 4.72 Å². The molecule has 6 heteroatoms. The van der Waals surface area contributed by atoms with E-state index in [2.05, 4.69) is 23.6 Å². The second kappa shape index (κ2) is 6.45. The molecule has 0 radical (unpaired) electrons. The van der Waals surface area contributed by atoms with E-state index < -0.39 is 10.0 Å². The molecule has 112 valence electrons. The number of nitrogens with one attached hydrogen (secondary N) is 1. The van der Waals surface area contributed by atoms with Gasteiger partial charge in [0.15, 0.2) is 0 Å². The Morgan fingerprint density at radius 3 is 2.43 bits per heavy atom. The summed E-state index contributed by atoms with van der Waals surface area (Å²) in [6.45, 7) is 4.24. The molecule has 2 rings (SSSR count). The van der Waals surface area contributed by atoms with E-state index >= 15 is 0 Å². The molecule has 0 aliphatic rings. The van der Waals surface area contributed by atoms with Crippen LogP contribution in [-0.2, 0) is 16.4 Å². The van der Waals surface area contributed by atoms with E-state index in [4.69, 9.17) is 11.6 Å². The van der Waals surface area contributed by atoms with Gasteiger partial charge in [0, 0.05) is 6.20 Å². The average molecular weight is 325 g/mol. The molecule has 0 spiro atoms. The lowest BCUT2D eigenvalue weighted by atomic mass is 10.0. The lowest BCUT2D eigenvalue weighted by Gasteiger charge is -2.10. The second-order valence-electron chi connectivity index (χ2n) is 5.20. The molecular formula is C15H17ClN2O2S. The van der Waals surface area contributed by atoms with Crippen molar-refractivity contribution < 1.29 is 8.42 Å². The van der Waals surface area contributed by atoms with Crippen molar-refractivity contribution in [3.8, 4) is 0 Å². The Bertz CT molecular complexity index is 713. The Kier molecular flexibility index (Phi) is 4.85. The van der Waals surface area contributed by atoms with Crippen molar-refractivity contribution in [2.45, 2.75) is 25.2 Å². The summed E-state index contributed by atoms with van der Waals surface area (Å²) >= 11 is 5.93. The zero-order valence-electron chi connectivity index (χ0n) is 11.9. The van der Waals surface area contributed by atoms with Gasteiger partial charge in [-0.15, -0.1) is 0 Å². The van der Waals surface area contributed by atoms with Crippen molar-refractivity contribution in [3.63, 3.8) is 0 Å². The van der Waals surface area contributed by atoms with Gasteiger partial charge < -0.3 is 0 Å². The monoisotopic (exact) mass is 324 g/mol. The van der Waals surface area contributed by atoms with Crippen molar-refractivity contribution in [2.24, 2.45) is 5.92 Å². The Balaban J connectivity index is 2.22. The van der Waals surface area contributed by atoms with Gasteiger partial charge in [-0.2, -0.15) is 0 Å². The number of hydrogen-bond acceptors (Lipinski definition) is 3. The number of benzene rings is 1. The van der Waals surface area contributed by atoms with E-state index in [1.807, 2.05) is 12.1 Å². The highest BCUT2D eigenvalue weighted by atomic mass is 35.5. The fourth-order valence-corrected chi connectivity index (χ4v) is 3.21. The SMILES string of the molecule is CC(C)Cc1ccc(S(=O)(=O)Nc2cnccc2Cl)cc1. The number of sulfonamides is 1. The second-order valence-corrected chi connectivity index (χ2v) is 7.29. The minimum absolute atomic E-state index is 0.204. The van der Waals surface area contributed by atoms with E-state index in [0.29, 0.717) is 10.9 Å². The molecule has 4 nitrogen and oxygen atoms in total. The molecular weight excluding hydrogens is 308 g/mol. The molecule has 21 heavy (non-hydrogen) atoms. The Morgan fingerprint density at radius 2 is 1.86 bits per heavy atom. The molecule has 0 bridgehead atoms. The van der Waals surface area contributed by atoms with Gasteiger partial charge >= 0.3 is 0 Å². The maximum atomic E-state index is 12.3. The van der Waals surface area contributed by atoms with Crippen LogP contribution in [0.15, 0.2) is 47.6 Å². The first kappa shape index (κ1) is 15.8. The summed E-state index contributed by atoms with van der Waals surface area (Å²) in [5, 5.41) is 0.310. The van der Waals surface area contributed by atoms with Gasteiger partial charge in [0.05, 0.1) is 21.8 Å². The maximum absolute atomic E-state index is 12.3. The minimum Gasteiger partial charge on any atom is -0.277 e. The lowest BCUT2D eigenvalue weighted by molar-refractivity contribution is 0.601. The third-order valence-electron chi connectivity index (χ3n) is 2.89. The zero-order chi connectivity index (χ0) is 15.5. The number of rotatable bonds is 5. The summed E-state index contributed by atoms with van der Waals surface area (Å²) in [7, 11) is -3.66. The van der Waals surface area contributed by atoms with Crippen LogP contribution in [0.5, 0.6) is 0 Å². The molecule has 0 saturated carbocycles. The quantitative estimate of drug-likeness (QED) is 0.911. The van der Waals surface area contributed by atoms with E-state index in [0.717, 1.165) is 12.0 Å². The molecule has 0 aliphatic carbocycles. The molecule has 1 heterocycles. The highest BCUT2D eigenvalue weighted by Crippen LogP contribution is 2.23. The fourth-order valence-electron chi connectivity index (χ4n) is 1.93. The van der Waals surface area contributed by atoms with Crippen LogP contribution in [0.3, 0.4) is 0 Å². The van der Waals surface area contributed by atoms with Crippen molar-refractivity contribution >= 4 is 27.3 Å². The smallest absolute Gasteiger partial charge is 0.261 e. The number of nitrogens with zero attached hydrogens (tertiary/aromatic N) is 1. The molecule has 0 unspecified atom stereocenters. The molecule has 0 aliphatic heterocycles. The zero-order valence-corrected chi connectivity index (χ0v) is 13.4. The van der Waals surface area contributed by atoms with E-state index in [1.54, 1.807) is 12.1 Å². The standard InChI is InChI=1S/C15H17ClN2O2S/c1-11(2)9-12-3-5-13(6-4-12)21(19,20)18-15-10-17-8-7-14(15)16/h3-8,10-11,18H,9H2,1-2H3. The Morgan fingerprint density at radius 1 is 1.19 bits per heavy atom. The third-order valence-corrected chi connectivity index (χ3v) is 4.60. The number of halogens is 1. The maximum Gasteiger partial charge on any atom is 0.261 e. The first-order valence-corrected chi connectivity index (χ1v) is 8.46. The van der Waals surface area contributed by atoms with Gasteiger partial charge in [0.25, 0.3) is 10.0 Å². The minimum atomic E-state index is -3.66. The molecule has 0 amide bonds. The largest absolute Gasteiger partial charge is 0.277 e. The number of anilines is 1. The molecule has 0 saturated heterocycles. The number of hydrogen-bond donors (Lipinski definition) is 1. The summed E-state index contributed by atoms with van der Waals surface area (Å²) in [6.07, 6.45) is 3.80. The van der Waals surface area contributed by atoms with E-state index in [9.17, 15) is 8.42 Å². The van der Waals surface area contributed by atoms with Crippen LogP contribution in [-0.4, -0.2) is 13.4 Å². The van der Waals surface area contributed by atoms with Gasteiger partial charge in [0.2, 0.25) is 0 Å². The van der Waals surface area contributed by atoms with Crippen LogP contribution >= 0.6 is 11.6 Å². The van der Waals surface area contributed by atoms with Crippen LogP contribution in [0.1, 0.15) is 19.4 Å². The van der Waals surface area contributed by atoms with E-state index in [1.165, 1.54) is 18.5 Å². The van der Waals surface area contributed by atoms with Gasteiger partial charge in [-0.1, -0.05) is 37.6 Å². The van der Waals surface area contributed by atoms with Crippen LogP contribution in [0.25, 0.3) is 0 Å². The lowest BCUT2D eigenvalue weighted by Crippen LogP contribution is -2.13. The van der Waals surface area contributed by atoms with Crippen molar-refractivity contribution in [1.29, 1.82) is 0 Å². The summed E-state index contributed by atoms with van der Waals surface area (Å²) in [6, 6.07) is 8.40. The molecule has 1 N–H and O–H groups in total. The summed E-state index contributed by atoms with van der Waals surface area (Å²) in [5.74, 6) is 0.528. The van der Waals surface area contributed by atoms with Gasteiger partial charge in [-0.3, -0.25) is 9.71 Å². The van der Waals surface area contributed by atoms with Gasteiger partial charge in [-0.25, -0.2) is 8.42 Å². The predicted molar refractivity (Wildman–Crippen MR) is 85.0 cm³/mol. The summed E-state index contributed by atoms with van der Waals surface area (Å²) in [4.78, 5) is 4.06. The highest BCUT2D eigenvalue weighted by molar-refractivity contribution is 7.92. The highest BCUT2D eigenvalue weighted by Gasteiger charge is 2.15. The first-order valence-electron chi connectivity index (χ1n) is 6.60. The van der Waals surface area contributed by atoms with Crippen molar-refractivity contribution in [1.82, 2.24) is 4.98 Å². The average Bonchev–Trinajstić information content (AvgIpc) is 2.41. The first-order chi connectivity index (χ1) is 9.88. The number of aromatic nitrogens is 1. The summed E-state index contributed by atoms with van der Waals surface area (Å²) < 4.78 is 27.0. The van der Waals surface area contributed by atoms with Crippen LogP contribution < -0.4 is 4.72 Å². The topological polar surface area (TPSA) is 59.1 Å². The molecule has 2 aromatic rings. The molecule has 0 atom stereocenters. The normalized spacial score (nSPS) is 11.6. The third kappa shape index (κ3) is 4.19. The summed E-state index contributed by atoms with van der Waals surface area (Å²) in [5.41, 5.74) is 1.38. The van der Waals surface area contributed by atoms with E-state index in [-0.39, 0.29) is 10.6 Å². The van der Waals surface area contributed by atoms with Crippen LogP contribution in [0.2, 0.25) is 5.02 Å². The predicted octanol–water partition coefficient (Wildman–Crippen LogP) is 3.73. The molecule has 1 aromatic heterocycles. The molecule has 1 aromatic carbocycles. The van der Waals surface area contributed by atoms with Crippen LogP contribution in [0, 0.1) is 5.92 Å². The number of pyridine rings is 1. The Labute approximate surface area is 130 Å². The fraction of sp³-hybridized carbons (Fsp3) is 0.267. The van der Waals surface area contributed by atoms with Crippen molar-refractivity contribution in [3.05, 3.63) is 53.3 Å². The molecule has 0 fully saturated rings.